The zero-order valence-electron chi connectivity index (χ0n) is 36.9. The molecule has 0 bridgehead atoms. The summed E-state index contributed by atoms with van der Waals surface area (Å²) in [5.74, 6) is 2.97. The molecule has 0 aromatic carbocycles. The standard InChI is InChI=1S/C41H84O8S4/c1-33(2,17-21-50)42-25-37(9,10)46-29-41(30-47-38(11,12)26-43-34(3,4)18-22-51,31-48-39(13,14)27-44-35(5,6)19-23-52)32-49-40(15,16)28-45-36(7,8)20-24-53/h50-53H,17-32H2,1-16H3. The third kappa shape index (κ3) is 25.9. The molecule has 0 heterocycles. The topological polar surface area (TPSA) is 73.8 Å². The van der Waals surface area contributed by atoms with Gasteiger partial charge in [0, 0.05) is 0 Å². The van der Waals surface area contributed by atoms with Crippen molar-refractivity contribution in [1.29, 1.82) is 0 Å². The Bertz CT molecular complexity index is 841. The van der Waals surface area contributed by atoms with Crippen molar-refractivity contribution in [2.75, 3.05) is 75.9 Å². The average Bonchev–Trinajstić information content (AvgIpc) is 3.01. The van der Waals surface area contributed by atoms with Gasteiger partial charge in [0.25, 0.3) is 0 Å². The van der Waals surface area contributed by atoms with Crippen LogP contribution >= 0.6 is 50.5 Å². The highest BCUT2D eigenvalue weighted by Gasteiger charge is 2.41. The first-order valence-electron chi connectivity index (χ1n) is 19.4. The SMILES string of the molecule is CC(C)(CCS)OCC(C)(C)OCC(COC(C)(C)COC(C)(C)CCS)(COC(C)(C)COC(C)(C)CCS)COC(C)(C)COC(C)(C)CCS. The summed E-state index contributed by atoms with van der Waals surface area (Å²) in [6.45, 7) is 36.0. The monoisotopic (exact) mass is 833 g/mol. The molecular formula is C41H84O8S4. The van der Waals surface area contributed by atoms with Crippen molar-refractivity contribution < 1.29 is 37.9 Å². The van der Waals surface area contributed by atoms with Crippen molar-refractivity contribution in [2.45, 2.75) is 181 Å². The number of hydrogen-bond acceptors (Lipinski definition) is 12. The zero-order valence-corrected chi connectivity index (χ0v) is 40.4. The van der Waals surface area contributed by atoms with Crippen molar-refractivity contribution >= 4 is 50.5 Å². The maximum Gasteiger partial charge on any atom is 0.0859 e. The molecule has 0 aliphatic carbocycles. The molecule has 8 nitrogen and oxygen atoms in total. The average molecular weight is 833 g/mol. The summed E-state index contributed by atoms with van der Waals surface area (Å²) in [7, 11) is 0. The normalized spacial score (nSPS) is 14.7. The van der Waals surface area contributed by atoms with Gasteiger partial charge in [0.15, 0.2) is 0 Å². The van der Waals surface area contributed by atoms with Gasteiger partial charge in [-0.25, -0.2) is 0 Å². The Balaban J connectivity index is 6.64. The van der Waals surface area contributed by atoms with E-state index in [-0.39, 0.29) is 22.4 Å². The van der Waals surface area contributed by atoms with Gasteiger partial charge in [0.1, 0.15) is 0 Å². The fraction of sp³-hybridized carbons (Fsp3) is 1.00. The van der Waals surface area contributed by atoms with Gasteiger partial charge < -0.3 is 37.9 Å². The van der Waals surface area contributed by atoms with E-state index in [0.29, 0.717) is 52.9 Å². The molecular weight excluding hydrogens is 749 g/mol. The summed E-state index contributed by atoms with van der Waals surface area (Å²) in [5.41, 5.74) is -4.47. The molecule has 0 radical (unpaired) electrons. The number of thiol groups is 4. The number of ether oxygens (including phenoxy) is 8. The summed E-state index contributed by atoms with van der Waals surface area (Å²) in [4.78, 5) is 0. The second kappa shape index (κ2) is 23.0. The molecule has 0 aliphatic rings. The summed E-state index contributed by atoms with van der Waals surface area (Å²) in [5, 5.41) is 0. The van der Waals surface area contributed by atoms with E-state index >= 15 is 0 Å². The number of rotatable bonds is 32. The highest BCUT2D eigenvalue weighted by Crippen LogP contribution is 2.32. The van der Waals surface area contributed by atoms with Gasteiger partial charge in [0.2, 0.25) is 0 Å². The van der Waals surface area contributed by atoms with Crippen molar-refractivity contribution in [3.63, 3.8) is 0 Å². The largest absolute Gasteiger partial charge is 0.373 e. The van der Waals surface area contributed by atoms with Crippen LogP contribution in [0.2, 0.25) is 0 Å². The van der Waals surface area contributed by atoms with E-state index in [9.17, 15) is 0 Å². The predicted molar refractivity (Wildman–Crippen MR) is 237 cm³/mol. The Morgan fingerprint density at radius 3 is 0.547 bits per heavy atom. The van der Waals surface area contributed by atoms with Crippen LogP contribution in [-0.2, 0) is 37.9 Å². The van der Waals surface area contributed by atoms with Crippen molar-refractivity contribution in [2.24, 2.45) is 5.41 Å². The quantitative estimate of drug-likeness (QED) is 0.0500. The van der Waals surface area contributed by atoms with Crippen molar-refractivity contribution in [3.8, 4) is 0 Å². The molecule has 0 unspecified atom stereocenters. The molecule has 0 N–H and O–H groups in total. The lowest BCUT2D eigenvalue weighted by molar-refractivity contribution is -0.219. The first kappa shape index (κ1) is 54.1. The fourth-order valence-electron chi connectivity index (χ4n) is 4.65. The van der Waals surface area contributed by atoms with E-state index < -0.39 is 27.8 Å². The lowest BCUT2D eigenvalue weighted by Gasteiger charge is -2.43. The van der Waals surface area contributed by atoms with E-state index in [0.717, 1.165) is 48.7 Å². The minimum Gasteiger partial charge on any atom is -0.373 e. The predicted octanol–water partition coefficient (Wildman–Crippen LogP) is 9.61. The lowest BCUT2D eigenvalue weighted by atomic mass is 9.90. The Morgan fingerprint density at radius 1 is 0.245 bits per heavy atom. The van der Waals surface area contributed by atoms with Gasteiger partial charge in [-0.1, -0.05) is 0 Å². The molecule has 320 valence electrons. The van der Waals surface area contributed by atoms with E-state index in [1.807, 2.05) is 0 Å². The van der Waals surface area contributed by atoms with Crippen LogP contribution in [0.4, 0.5) is 0 Å². The van der Waals surface area contributed by atoms with E-state index in [2.05, 4.69) is 161 Å². The van der Waals surface area contributed by atoms with Crippen LogP contribution in [0, 0.1) is 5.41 Å². The number of hydrogen-bond donors (Lipinski definition) is 4. The molecule has 12 heteroatoms. The smallest absolute Gasteiger partial charge is 0.0859 e. The second-order valence-corrected chi connectivity index (χ2v) is 21.6. The van der Waals surface area contributed by atoms with E-state index in [1.54, 1.807) is 0 Å². The molecule has 0 aliphatic heterocycles. The molecule has 0 saturated carbocycles. The summed E-state index contributed by atoms with van der Waals surface area (Å²) < 4.78 is 52.6. The van der Waals surface area contributed by atoms with Crippen LogP contribution in [0.3, 0.4) is 0 Å². The van der Waals surface area contributed by atoms with Crippen LogP contribution < -0.4 is 0 Å². The van der Waals surface area contributed by atoms with Crippen LogP contribution in [0.15, 0.2) is 0 Å². The Morgan fingerprint density at radius 2 is 0.396 bits per heavy atom. The summed E-state index contributed by atoms with van der Waals surface area (Å²) >= 11 is 17.7. The van der Waals surface area contributed by atoms with E-state index in [1.165, 1.54) is 0 Å². The van der Waals surface area contributed by atoms with Gasteiger partial charge in [-0.05, 0) is 159 Å². The molecule has 0 aromatic rings. The highest BCUT2D eigenvalue weighted by molar-refractivity contribution is 7.80. The molecule has 0 fully saturated rings. The van der Waals surface area contributed by atoms with Gasteiger partial charge in [-0.15, -0.1) is 0 Å². The van der Waals surface area contributed by atoms with Gasteiger partial charge >= 0.3 is 0 Å². The van der Waals surface area contributed by atoms with Crippen molar-refractivity contribution in [3.05, 3.63) is 0 Å². The highest BCUT2D eigenvalue weighted by atomic mass is 32.1. The Hall–Kier alpha value is 1.08. The van der Waals surface area contributed by atoms with Gasteiger partial charge in [-0.2, -0.15) is 50.5 Å². The maximum absolute atomic E-state index is 6.80. The van der Waals surface area contributed by atoms with Crippen LogP contribution in [0.5, 0.6) is 0 Å². The minimum absolute atomic E-state index is 0.294. The van der Waals surface area contributed by atoms with Crippen LogP contribution in [-0.4, -0.2) is 121 Å². The fourth-order valence-corrected chi connectivity index (χ4v) is 6.81. The third-order valence-electron chi connectivity index (χ3n) is 9.17. The first-order valence-corrected chi connectivity index (χ1v) is 22.0. The molecule has 53 heavy (non-hydrogen) atoms. The van der Waals surface area contributed by atoms with Crippen LogP contribution in [0.1, 0.15) is 136 Å². The second-order valence-electron chi connectivity index (χ2n) is 19.8. The Labute approximate surface area is 349 Å². The first-order chi connectivity index (χ1) is 23.9. The zero-order chi connectivity index (χ0) is 41.5. The molecule has 0 aromatic heterocycles. The van der Waals surface area contributed by atoms with Crippen LogP contribution in [0.25, 0.3) is 0 Å². The van der Waals surface area contributed by atoms with Gasteiger partial charge in [0.05, 0.1) is 103 Å². The summed E-state index contributed by atoms with van der Waals surface area (Å²) in [6.07, 6.45) is 3.32. The summed E-state index contributed by atoms with van der Waals surface area (Å²) in [6, 6.07) is 0. The van der Waals surface area contributed by atoms with Crippen molar-refractivity contribution in [1.82, 2.24) is 0 Å². The van der Waals surface area contributed by atoms with Gasteiger partial charge in [-0.3, -0.25) is 0 Å². The van der Waals surface area contributed by atoms with E-state index in [4.69, 9.17) is 37.9 Å². The molecule has 0 spiro atoms. The third-order valence-corrected chi connectivity index (χ3v) is 10.1. The Kier molecular flexibility index (Phi) is 23.5. The lowest BCUT2D eigenvalue weighted by Crippen LogP contribution is -2.51. The molecule has 0 rings (SSSR count). The maximum atomic E-state index is 6.80. The molecule has 0 atom stereocenters. The molecule has 0 saturated heterocycles. The molecule has 0 amide bonds. The minimum atomic E-state index is -0.731.